The fraction of sp³-hybridized carbons (Fsp3) is 0.250. The Morgan fingerprint density at radius 2 is 1.84 bits per heavy atom. The molecule has 1 aromatic carbocycles. The summed E-state index contributed by atoms with van der Waals surface area (Å²) in [7, 11) is 2.09. The summed E-state index contributed by atoms with van der Waals surface area (Å²) in [4.78, 5) is 3.50. The molecule has 0 fully saturated rings. The molecule has 3 nitrogen and oxygen atoms in total. The number of rotatable bonds is 1. The topological polar surface area (TPSA) is 46.7 Å². The maximum absolute atomic E-state index is 6.11. The quantitative estimate of drug-likeness (QED) is 0.638. The van der Waals surface area contributed by atoms with Crippen LogP contribution in [0.4, 0.5) is 5.69 Å². The summed E-state index contributed by atoms with van der Waals surface area (Å²) in [5, 5.41) is 1.21. The standard InChI is InChI=1S/C16H19N3/c1-9-7-13-12(11(3)16(9)17)8-14(18-13)15-6-5-10(2)19(15)4/h5-8,18H,17H2,1-4H3. The van der Waals surface area contributed by atoms with Gasteiger partial charge in [0.15, 0.2) is 0 Å². The van der Waals surface area contributed by atoms with E-state index in [1.165, 1.54) is 16.8 Å². The van der Waals surface area contributed by atoms with Crippen LogP contribution in [0.15, 0.2) is 24.3 Å². The fourth-order valence-corrected chi connectivity index (χ4v) is 2.65. The molecule has 0 saturated heterocycles. The minimum Gasteiger partial charge on any atom is -0.398 e. The Balaban J connectivity index is 2.28. The zero-order valence-corrected chi connectivity index (χ0v) is 11.8. The van der Waals surface area contributed by atoms with Gasteiger partial charge in [-0.15, -0.1) is 0 Å². The lowest BCUT2D eigenvalue weighted by atomic mass is 10.0. The number of benzene rings is 1. The van der Waals surface area contributed by atoms with Crippen molar-refractivity contribution in [3.05, 3.63) is 41.1 Å². The molecular weight excluding hydrogens is 234 g/mol. The van der Waals surface area contributed by atoms with Crippen molar-refractivity contribution in [1.29, 1.82) is 0 Å². The summed E-state index contributed by atoms with van der Waals surface area (Å²) in [6.07, 6.45) is 0. The molecule has 0 saturated carbocycles. The number of nitrogens with zero attached hydrogens (tertiary/aromatic N) is 1. The molecular formula is C16H19N3. The Hall–Kier alpha value is -2.16. The number of nitrogens with one attached hydrogen (secondary N) is 1. The average molecular weight is 253 g/mol. The van der Waals surface area contributed by atoms with Crippen LogP contribution in [-0.4, -0.2) is 9.55 Å². The number of aryl methyl sites for hydroxylation is 3. The van der Waals surface area contributed by atoms with Crippen LogP contribution in [-0.2, 0) is 7.05 Å². The lowest BCUT2D eigenvalue weighted by Crippen LogP contribution is -1.93. The number of nitrogens with two attached hydrogens (primary N) is 1. The number of H-pyrrole nitrogens is 1. The number of fused-ring (bicyclic) bond motifs is 1. The van der Waals surface area contributed by atoms with E-state index < -0.39 is 0 Å². The minimum absolute atomic E-state index is 0.890. The molecule has 98 valence electrons. The van der Waals surface area contributed by atoms with Crippen LogP contribution in [0.3, 0.4) is 0 Å². The van der Waals surface area contributed by atoms with Gasteiger partial charge in [-0.2, -0.15) is 0 Å². The van der Waals surface area contributed by atoms with E-state index in [-0.39, 0.29) is 0 Å². The SMILES string of the molecule is Cc1cc2[nH]c(-c3ccc(C)n3C)cc2c(C)c1N. The first-order valence-electron chi connectivity index (χ1n) is 6.50. The van der Waals surface area contributed by atoms with Crippen LogP contribution in [0.1, 0.15) is 16.8 Å². The Labute approximate surface area is 113 Å². The highest BCUT2D eigenvalue weighted by Gasteiger charge is 2.11. The van der Waals surface area contributed by atoms with Crippen LogP contribution in [0.2, 0.25) is 0 Å². The summed E-state index contributed by atoms with van der Waals surface area (Å²) >= 11 is 0. The Morgan fingerprint density at radius 1 is 1.11 bits per heavy atom. The van der Waals surface area contributed by atoms with Gasteiger partial charge in [0.2, 0.25) is 0 Å². The molecule has 0 amide bonds. The van der Waals surface area contributed by atoms with E-state index in [2.05, 4.69) is 61.6 Å². The average Bonchev–Trinajstić information content (AvgIpc) is 2.92. The zero-order chi connectivity index (χ0) is 13.7. The third-order valence-corrected chi connectivity index (χ3v) is 4.09. The molecule has 0 unspecified atom stereocenters. The molecule has 3 rings (SSSR count). The molecule has 3 aromatic rings. The van der Waals surface area contributed by atoms with Crippen molar-refractivity contribution in [2.75, 3.05) is 5.73 Å². The lowest BCUT2D eigenvalue weighted by molar-refractivity contribution is 0.888. The van der Waals surface area contributed by atoms with E-state index in [1.54, 1.807) is 0 Å². The highest BCUT2D eigenvalue weighted by Crippen LogP contribution is 2.31. The number of aromatic nitrogens is 2. The maximum Gasteiger partial charge on any atom is 0.0645 e. The third-order valence-electron chi connectivity index (χ3n) is 4.09. The Kier molecular flexibility index (Phi) is 2.45. The summed E-state index contributed by atoms with van der Waals surface area (Å²) < 4.78 is 2.19. The Morgan fingerprint density at radius 3 is 2.47 bits per heavy atom. The van der Waals surface area contributed by atoms with Crippen LogP contribution < -0.4 is 5.73 Å². The van der Waals surface area contributed by atoms with E-state index in [0.29, 0.717) is 0 Å². The van der Waals surface area contributed by atoms with Crippen LogP contribution >= 0.6 is 0 Å². The molecule has 0 aliphatic heterocycles. The van der Waals surface area contributed by atoms with Gasteiger partial charge in [0.05, 0.1) is 11.4 Å². The van der Waals surface area contributed by atoms with Gasteiger partial charge < -0.3 is 15.3 Å². The van der Waals surface area contributed by atoms with Crippen molar-refractivity contribution >= 4 is 16.6 Å². The van der Waals surface area contributed by atoms with Gasteiger partial charge in [-0.05, 0) is 56.2 Å². The lowest BCUT2D eigenvalue weighted by Gasteiger charge is -2.05. The first kappa shape index (κ1) is 11.9. The molecule has 0 radical (unpaired) electrons. The van der Waals surface area contributed by atoms with E-state index >= 15 is 0 Å². The molecule has 0 aliphatic rings. The minimum atomic E-state index is 0.890. The molecule has 2 aromatic heterocycles. The maximum atomic E-state index is 6.11. The highest BCUT2D eigenvalue weighted by atomic mass is 15.0. The van der Waals surface area contributed by atoms with Crippen molar-refractivity contribution in [1.82, 2.24) is 9.55 Å². The second kappa shape index (κ2) is 3.92. The van der Waals surface area contributed by atoms with Crippen LogP contribution in [0, 0.1) is 20.8 Å². The van der Waals surface area contributed by atoms with Gasteiger partial charge in [0.1, 0.15) is 0 Å². The van der Waals surface area contributed by atoms with Crippen molar-refractivity contribution in [2.45, 2.75) is 20.8 Å². The van der Waals surface area contributed by atoms with Crippen molar-refractivity contribution in [2.24, 2.45) is 7.05 Å². The van der Waals surface area contributed by atoms with E-state index in [9.17, 15) is 0 Å². The number of hydrogen-bond acceptors (Lipinski definition) is 1. The second-order valence-corrected chi connectivity index (χ2v) is 5.30. The largest absolute Gasteiger partial charge is 0.398 e. The molecule has 3 N–H and O–H groups in total. The number of aromatic amines is 1. The van der Waals surface area contributed by atoms with Crippen molar-refractivity contribution < 1.29 is 0 Å². The predicted molar refractivity (Wildman–Crippen MR) is 81.3 cm³/mol. The number of anilines is 1. The highest BCUT2D eigenvalue weighted by molar-refractivity contribution is 5.92. The van der Waals surface area contributed by atoms with Gasteiger partial charge >= 0.3 is 0 Å². The molecule has 3 heteroatoms. The van der Waals surface area contributed by atoms with E-state index in [1.807, 2.05) is 0 Å². The summed E-state index contributed by atoms with van der Waals surface area (Å²) in [5.41, 5.74) is 14.0. The fourth-order valence-electron chi connectivity index (χ4n) is 2.65. The first-order valence-corrected chi connectivity index (χ1v) is 6.50. The number of nitrogen functional groups attached to an aromatic ring is 1. The molecule has 0 bridgehead atoms. The van der Waals surface area contributed by atoms with Crippen molar-refractivity contribution in [3.63, 3.8) is 0 Å². The van der Waals surface area contributed by atoms with Crippen molar-refractivity contribution in [3.8, 4) is 11.4 Å². The second-order valence-electron chi connectivity index (χ2n) is 5.30. The summed E-state index contributed by atoms with van der Waals surface area (Å²) in [6, 6.07) is 8.59. The van der Waals surface area contributed by atoms with Gasteiger partial charge in [-0.1, -0.05) is 0 Å². The van der Waals surface area contributed by atoms with Crippen LogP contribution in [0.25, 0.3) is 22.3 Å². The molecule has 0 aliphatic carbocycles. The Bertz CT molecular complexity index is 775. The molecule has 0 spiro atoms. The van der Waals surface area contributed by atoms with Crippen LogP contribution in [0.5, 0.6) is 0 Å². The van der Waals surface area contributed by atoms with Gasteiger partial charge in [-0.3, -0.25) is 0 Å². The normalized spacial score (nSPS) is 11.4. The van der Waals surface area contributed by atoms with E-state index in [4.69, 9.17) is 5.73 Å². The summed E-state index contributed by atoms with van der Waals surface area (Å²) in [6.45, 7) is 6.24. The predicted octanol–water partition coefficient (Wildman–Crippen LogP) is 3.68. The third kappa shape index (κ3) is 1.65. The monoisotopic (exact) mass is 253 g/mol. The molecule has 19 heavy (non-hydrogen) atoms. The van der Waals surface area contributed by atoms with Gasteiger partial charge in [-0.25, -0.2) is 0 Å². The van der Waals surface area contributed by atoms with E-state index in [0.717, 1.165) is 28.0 Å². The number of hydrogen-bond donors (Lipinski definition) is 2. The smallest absolute Gasteiger partial charge is 0.0645 e. The van der Waals surface area contributed by atoms with Gasteiger partial charge in [0.25, 0.3) is 0 Å². The molecule has 0 atom stereocenters. The molecule has 2 heterocycles. The zero-order valence-electron chi connectivity index (χ0n) is 11.8. The first-order chi connectivity index (χ1) is 8.99. The van der Waals surface area contributed by atoms with Gasteiger partial charge in [0, 0.05) is 29.3 Å². The summed E-state index contributed by atoms with van der Waals surface area (Å²) in [5.74, 6) is 0.